The minimum Gasteiger partial charge on any atom is -0.483 e. The monoisotopic (exact) mass is 389 g/mol. The van der Waals surface area contributed by atoms with E-state index in [1.807, 2.05) is 31.2 Å². The lowest BCUT2D eigenvalue weighted by Crippen LogP contribution is -2.33. The van der Waals surface area contributed by atoms with Crippen molar-refractivity contribution < 1.29 is 17.9 Å². The number of hydrogen-bond acceptors (Lipinski definition) is 5. The molecule has 3 N–H and O–H groups in total. The van der Waals surface area contributed by atoms with Crippen LogP contribution in [-0.2, 0) is 21.2 Å². The van der Waals surface area contributed by atoms with Gasteiger partial charge in [0.15, 0.2) is 6.61 Å². The summed E-state index contributed by atoms with van der Waals surface area (Å²) in [5.74, 6) is 0.348. The number of anilines is 1. The van der Waals surface area contributed by atoms with Gasteiger partial charge in [0.2, 0.25) is 10.0 Å². The van der Waals surface area contributed by atoms with Crippen LogP contribution in [0.15, 0.2) is 53.4 Å². The Morgan fingerprint density at radius 1 is 1.11 bits per heavy atom. The molecule has 144 valence electrons. The number of carbonyl (C=O) groups is 1. The predicted octanol–water partition coefficient (Wildman–Crippen LogP) is 2.21. The number of benzene rings is 2. The molecule has 0 aliphatic heterocycles. The first kappa shape index (κ1) is 19.2. The molecule has 2 aromatic rings. The molecule has 1 aliphatic carbocycles. The molecule has 3 rings (SSSR count). The van der Waals surface area contributed by atoms with Gasteiger partial charge in [-0.15, -0.1) is 0 Å². The number of amides is 1. The van der Waals surface area contributed by atoms with Crippen LogP contribution in [0.25, 0.3) is 0 Å². The van der Waals surface area contributed by atoms with E-state index in [0.29, 0.717) is 11.4 Å². The molecule has 0 heterocycles. The molecule has 8 heteroatoms. The van der Waals surface area contributed by atoms with Crippen molar-refractivity contribution in [3.05, 3.63) is 54.1 Å². The quantitative estimate of drug-likeness (QED) is 0.572. The van der Waals surface area contributed by atoms with E-state index in [0.717, 1.165) is 24.8 Å². The number of sulfonamides is 1. The van der Waals surface area contributed by atoms with Gasteiger partial charge in [0, 0.05) is 6.04 Å². The van der Waals surface area contributed by atoms with E-state index in [1.165, 1.54) is 12.1 Å². The fourth-order valence-electron chi connectivity index (χ4n) is 2.46. The third-order valence-corrected chi connectivity index (χ3v) is 5.66. The summed E-state index contributed by atoms with van der Waals surface area (Å²) in [6, 6.07) is 13.8. The summed E-state index contributed by atoms with van der Waals surface area (Å²) in [5.41, 5.74) is 6.88. The smallest absolute Gasteiger partial charge is 0.276 e. The molecule has 0 saturated heterocycles. The number of hydrazine groups is 1. The Morgan fingerprint density at radius 2 is 1.81 bits per heavy atom. The highest BCUT2D eigenvalue weighted by atomic mass is 32.2. The summed E-state index contributed by atoms with van der Waals surface area (Å²) in [6.07, 6.45) is 2.59. The summed E-state index contributed by atoms with van der Waals surface area (Å²) in [5, 5.41) is 0. The second-order valence-electron chi connectivity index (χ2n) is 6.34. The zero-order valence-electron chi connectivity index (χ0n) is 15.1. The van der Waals surface area contributed by atoms with Crippen LogP contribution in [0.3, 0.4) is 0 Å². The summed E-state index contributed by atoms with van der Waals surface area (Å²) < 4.78 is 32.4. The lowest BCUT2D eigenvalue weighted by atomic mass is 10.1. The Kier molecular flexibility index (Phi) is 5.98. The van der Waals surface area contributed by atoms with Crippen LogP contribution in [0.5, 0.6) is 5.75 Å². The van der Waals surface area contributed by atoms with Crippen LogP contribution in [0.4, 0.5) is 5.69 Å². The molecular formula is C19H23N3O4S. The molecule has 1 saturated carbocycles. The number of ether oxygens (including phenoxy) is 1. The molecule has 2 aromatic carbocycles. The number of para-hydroxylation sites is 1. The molecule has 0 unspecified atom stereocenters. The Bertz CT molecular complexity index is 893. The third-order valence-electron chi connectivity index (χ3n) is 4.12. The first-order chi connectivity index (χ1) is 13.0. The zero-order chi connectivity index (χ0) is 19.3. The predicted molar refractivity (Wildman–Crippen MR) is 103 cm³/mol. The molecule has 0 atom stereocenters. The molecule has 0 bridgehead atoms. The van der Waals surface area contributed by atoms with Crippen LogP contribution in [0, 0.1) is 0 Å². The minimum absolute atomic E-state index is 0.0601. The van der Waals surface area contributed by atoms with Gasteiger partial charge < -0.3 is 4.74 Å². The molecule has 1 amide bonds. The van der Waals surface area contributed by atoms with Gasteiger partial charge in [0.1, 0.15) is 5.75 Å². The van der Waals surface area contributed by atoms with Crippen LogP contribution in [0.1, 0.15) is 25.3 Å². The highest BCUT2D eigenvalue weighted by Crippen LogP contribution is 2.22. The highest BCUT2D eigenvalue weighted by molar-refractivity contribution is 7.89. The van der Waals surface area contributed by atoms with Crippen LogP contribution in [-0.4, -0.2) is 27.0 Å². The van der Waals surface area contributed by atoms with E-state index in [-0.39, 0.29) is 23.5 Å². The summed E-state index contributed by atoms with van der Waals surface area (Å²) in [7, 11) is -3.48. The maximum Gasteiger partial charge on any atom is 0.276 e. The maximum atomic E-state index is 12.1. The molecule has 0 spiro atoms. The van der Waals surface area contributed by atoms with E-state index in [9.17, 15) is 13.2 Å². The van der Waals surface area contributed by atoms with Crippen molar-refractivity contribution >= 4 is 21.6 Å². The van der Waals surface area contributed by atoms with Crippen LogP contribution in [0.2, 0.25) is 0 Å². The number of aryl methyl sites for hydroxylation is 1. The van der Waals surface area contributed by atoms with Crippen molar-refractivity contribution in [2.24, 2.45) is 0 Å². The number of carbonyl (C=O) groups excluding carboxylic acids is 1. The van der Waals surface area contributed by atoms with Crippen molar-refractivity contribution in [1.82, 2.24) is 10.1 Å². The van der Waals surface area contributed by atoms with E-state index in [4.69, 9.17) is 4.74 Å². The molecule has 27 heavy (non-hydrogen) atoms. The molecular weight excluding hydrogens is 366 g/mol. The fourth-order valence-corrected chi connectivity index (χ4v) is 3.77. The Hall–Kier alpha value is -2.58. The van der Waals surface area contributed by atoms with Crippen molar-refractivity contribution in [3.63, 3.8) is 0 Å². The number of rotatable bonds is 9. The van der Waals surface area contributed by atoms with Gasteiger partial charge >= 0.3 is 0 Å². The van der Waals surface area contributed by atoms with E-state index in [2.05, 4.69) is 15.6 Å². The first-order valence-electron chi connectivity index (χ1n) is 8.86. The van der Waals surface area contributed by atoms with Crippen molar-refractivity contribution in [1.29, 1.82) is 0 Å². The van der Waals surface area contributed by atoms with E-state index >= 15 is 0 Å². The number of nitrogens with one attached hydrogen (secondary N) is 3. The fraction of sp³-hybridized carbons (Fsp3) is 0.316. The lowest BCUT2D eigenvalue weighted by Gasteiger charge is -2.12. The SMILES string of the molecule is CCc1ccccc1OCC(=O)NNc1ccc(S(=O)(=O)NC2CC2)cc1. The van der Waals surface area contributed by atoms with Gasteiger partial charge in [0.25, 0.3) is 5.91 Å². The number of hydrogen-bond donors (Lipinski definition) is 3. The van der Waals surface area contributed by atoms with Crippen LogP contribution < -0.4 is 20.3 Å². The van der Waals surface area contributed by atoms with E-state index in [1.54, 1.807) is 12.1 Å². The van der Waals surface area contributed by atoms with Gasteiger partial charge in [-0.05, 0) is 55.2 Å². The largest absolute Gasteiger partial charge is 0.483 e. The Balaban J connectivity index is 1.48. The van der Waals surface area contributed by atoms with Crippen molar-refractivity contribution in [2.75, 3.05) is 12.0 Å². The highest BCUT2D eigenvalue weighted by Gasteiger charge is 2.27. The average Bonchev–Trinajstić information content (AvgIpc) is 3.48. The van der Waals surface area contributed by atoms with Crippen molar-refractivity contribution in [3.8, 4) is 5.75 Å². The zero-order valence-corrected chi connectivity index (χ0v) is 15.9. The molecule has 0 aromatic heterocycles. The van der Waals surface area contributed by atoms with E-state index < -0.39 is 10.0 Å². The van der Waals surface area contributed by atoms with Gasteiger partial charge in [0.05, 0.1) is 10.6 Å². The Labute approximate surface area is 159 Å². The van der Waals surface area contributed by atoms with Gasteiger partial charge in [-0.1, -0.05) is 25.1 Å². The second kappa shape index (κ2) is 8.41. The lowest BCUT2D eigenvalue weighted by molar-refractivity contribution is -0.122. The average molecular weight is 389 g/mol. The van der Waals surface area contributed by atoms with Gasteiger partial charge in [-0.3, -0.25) is 15.6 Å². The minimum atomic E-state index is -3.48. The molecule has 0 radical (unpaired) electrons. The van der Waals surface area contributed by atoms with Crippen LogP contribution >= 0.6 is 0 Å². The van der Waals surface area contributed by atoms with Gasteiger partial charge in [-0.25, -0.2) is 13.1 Å². The topological polar surface area (TPSA) is 96.5 Å². The normalized spacial score (nSPS) is 13.8. The maximum absolute atomic E-state index is 12.1. The standard InChI is InChI=1S/C19H23N3O4S/c1-2-14-5-3-4-6-18(14)26-13-19(23)21-20-15-9-11-17(12-10-15)27(24,25)22-16-7-8-16/h3-6,9-12,16,20,22H,2,7-8,13H2,1H3,(H,21,23). The second-order valence-corrected chi connectivity index (χ2v) is 8.06. The molecule has 7 nitrogen and oxygen atoms in total. The third kappa shape index (κ3) is 5.45. The summed E-state index contributed by atoms with van der Waals surface area (Å²) >= 11 is 0. The summed E-state index contributed by atoms with van der Waals surface area (Å²) in [4.78, 5) is 12.1. The molecule has 1 fully saturated rings. The Morgan fingerprint density at radius 3 is 2.48 bits per heavy atom. The van der Waals surface area contributed by atoms with Crippen molar-refractivity contribution in [2.45, 2.75) is 37.1 Å². The first-order valence-corrected chi connectivity index (χ1v) is 10.3. The molecule has 1 aliphatic rings. The van der Waals surface area contributed by atoms with Gasteiger partial charge in [-0.2, -0.15) is 0 Å². The summed E-state index contributed by atoms with van der Waals surface area (Å²) in [6.45, 7) is 1.90.